The lowest BCUT2D eigenvalue weighted by molar-refractivity contribution is -0.134. The highest BCUT2D eigenvalue weighted by Gasteiger charge is 2.19. The number of benzene rings is 2. The Labute approximate surface area is 185 Å². The van der Waals surface area contributed by atoms with Crippen molar-refractivity contribution in [1.29, 1.82) is 0 Å². The molecule has 8 nitrogen and oxygen atoms in total. The first-order valence-electron chi connectivity index (χ1n) is 9.96. The molecular formula is C24H23N3O5. The van der Waals surface area contributed by atoms with Crippen LogP contribution in [-0.2, 0) is 11.4 Å². The summed E-state index contributed by atoms with van der Waals surface area (Å²) in [4.78, 5) is 16.0. The average Bonchev–Trinajstić information content (AvgIpc) is 3.21. The van der Waals surface area contributed by atoms with E-state index in [1.807, 2.05) is 60.8 Å². The van der Waals surface area contributed by atoms with Crippen molar-refractivity contribution in [1.82, 2.24) is 9.38 Å². The number of ether oxygens (including phenoxy) is 3. The Morgan fingerprint density at radius 1 is 1.03 bits per heavy atom. The predicted octanol–water partition coefficient (Wildman–Crippen LogP) is 4.09. The lowest BCUT2D eigenvalue weighted by Crippen LogP contribution is -2.14. The van der Waals surface area contributed by atoms with Crippen molar-refractivity contribution in [2.24, 2.45) is 0 Å². The normalized spacial score (nSPS) is 10.7. The molecule has 0 radical (unpaired) electrons. The summed E-state index contributed by atoms with van der Waals surface area (Å²) >= 11 is 0. The van der Waals surface area contributed by atoms with E-state index >= 15 is 0 Å². The van der Waals surface area contributed by atoms with Gasteiger partial charge in [-0.3, -0.25) is 9.20 Å². The van der Waals surface area contributed by atoms with Gasteiger partial charge in [0, 0.05) is 17.8 Å². The number of imidazole rings is 1. The molecule has 0 fully saturated rings. The molecule has 0 aliphatic heterocycles. The van der Waals surface area contributed by atoms with Gasteiger partial charge in [-0.1, -0.05) is 30.3 Å². The lowest BCUT2D eigenvalue weighted by Gasteiger charge is -2.10. The first-order valence-corrected chi connectivity index (χ1v) is 9.96. The Hall–Kier alpha value is -4.20. The molecule has 164 valence electrons. The molecule has 2 aromatic carbocycles. The first kappa shape index (κ1) is 21.0. The Morgan fingerprint density at radius 3 is 2.41 bits per heavy atom. The molecule has 2 heterocycles. The van der Waals surface area contributed by atoms with Crippen LogP contribution in [0, 0.1) is 0 Å². The Morgan fingerprint density at radius 2 is 1.75 bits per heavy atom. The van der Waals surface area contributed by atoms with Crippen LogP contribution in [0.25, 0.3) is 16.9 Å². The number of carboxylic acids is 1. The van der Waals surface area contributed by atoms with E-state index in [2.05, 4.69) is 5.32 Å². The third-order valence-electron chi connectivity index (χ3n) is 4.88. The number of hydrogen-bond donors (Lipinski definition) is 2. The maximum absolute atomic E-state index is 11.2. The summed E-state index contributed by atoms with van der Waals surface area (Å²) in [5.74, 6) is 1.33. The second-order valence-electron chi connectivity index (χ2n) is 7.00. The van der Waals surface area contributed by atoms with Crippen LogP contribution < -0.4 is 19.5 Å². The van der Waals surface area contributed by atoms with Gasteiger partial charge < -0.3 is 24.6 Å². The van der Waals surface area contributed by atoms with E-state index in [0.29, 0.717) is 46.6 Å². The van der Waals surface area contributed by atoms with Crippen LogP contribution in [0.15, 0.2) is 66.9 Å². The zero-order chi connectivity index (χ0) is 22.5. The highest BCUT2D eigenvalue weighted by Crippen LogP contribution is 2.36. The summed E-state index contributed by atoms with van der Waals surface area (Å²) in [5, 5.41) is 12.2. The molecule has 2 N–H and O–H groups in total. The molecule has 0 spiro atoms. The topological polar surface area (TPSA) is 94.3 Å². The van der Waals surface area contributed by atoms with Gasteiger partial charge in [-0.2, -0.15) is 0 Å². The van der Waals surface area contributed by atoms with Gasteiger partial charge >= 0.3 is 5.97 Å². The molecule has 0 aliphatic carbocycles. The number of carboxylic acid groups (broad SMARTS) is 1. The number of carbonyl (C=O) groups is 1. The van der Waals surface area contributed by atoms with Gasteiger partial charge in [0.15, 0.2) is 11.4 Å². The Bertz CT molecular complexity index is 1220. The Kier molecular flexibility index (Phi) is 6.12. The number of methoxy groups -OCH3 is 2. The van der Waals surface area contributed by atoms with Crippen LogP contribution in [0.1, 0.15) is 5.56 Å². The molecule has 8 heteroatoms. The average molecular weight is 433 g/mol. The molecule has 0 aliphatic rings. The third-order valence-corrected chi connectivity index (χ3v) is 4.88. The smallest absolute Gasteiger partial charge is 0.322 e. The molecule has 4 aromatic rings. The van der Waals surface area contributed by atoms with Crippen molar-refractivity contribution in [2.75, 3.05) is 26.1 Å². The van der Waals surface area contributed by atoms with Gasteiger partial charge in [0.05, 0.1) is 14.2 Å². The second-order valence-corrected chi connectivity index (χ2v) is 7.00. The standard InChI is InChI=1S/C24H23N3O5/c1-30-18-11-17(12-19(13-18)31-2)22-24(25-14-21(28)29)27-10-6-9-20(23(27)26-22)32-15-16-7-4-3-5-8-16/h3-13,25H,14-15H2,1-2H3,(H,28,29). The summed E-state index contributed by atoms with van der Waals surface area (Å²) in [7, 11) is 3.14. The van der Waals surface area contributed by atoms with Crippen LogP contribution >= 0.6 is 0 Å². The number of aromatic nitrogens is 2. The van der Waals surface area contributed by atoms with Gasteiger partial charge in [-0.05, 0) is 29.8 Å². The zero-order valence-corrected chi connectivity index (χ0v) is 17.7. The van der Waals surface area contributed by atoms with E-state index < -0.39 is 5.97 Å². The fourth-order valence-corrected chi connectivity index (χ4v) is 3.36. The fraction of sp³-hybridized carbons (Fsp3) is 0.167. The summed E-state index contributed by atoms with van der Waals surface area (Å²) in [5.41, 5.74) is 2.86. The van der Waals surface area contributed by atoms with Gasteiger partial charge in [-0.15, -0.1) is 0 Å². The van der Waals surface area contributed by atoms with Crippen LogP contribution in [0.4, 0.5) is 5.82 Å². The first-order chi connectivity index (χ1) is 15.6. The molecule has 0 atom stereocenters. The van der Waals surface area contributed by atoms with Crippen molar-refractivity contribution >= 4 is 17.4 Å². The van der Waals surface area contributed by atoms with Gasteiger partial charge in [0.25, 0.3) is 0 Å². The molecule has 0 amide bonds. The highest BCUT2D eigenvalue weighted by molar-refractivity contribution is 5.82. The molecule has 2 aromatic heterocycles. The quantitative estimate of drug-likeness (QED) is 0.410. The highest BCUT2D eigenvalue weighted by atomic mass is 16.5. The van der Waals surface area contributed by atoms with Crippen molar-refractivity contribution in [3.8, 4) is 28.5 Å². The van der Waals surface area contributed by atoms with Gasteiger partial charge in [0.2, 0.25) is 0 Å². The molecule has 0 saturated carbocycles. The van der Waals surface area contributed by atoms with Crippen LogP contribution in [0.2, 0.25) is 0 Å². The monoisotopic (exact) mass is 433 g/mol. The summed E-state index contributed by atoms with van der Waals surface area (Å²) in [6.07, 6.45) is 1.81. The van der Waals surface area contributed by atoms with E-state index in [1.54, 1.807) is 24.7 Å². The summed E-state index contributed by atoms with van der Waals surface area (Å²) in [6, 6.07) is 18.9. The second kappa shape index (κ2) is 9.30. The maximum atomic E-state index is 11.2. The number of fused-ring (bicyclic) bond motifs is 1. The number of rotatable bonds is 9. The minimum absolute atomic E-state index is 0.267. The van der Waals surface area contributed by atoms with E-state index in [-0.39, 0.29) is 6.54 Å². The molecule has 4 rings (SSSR count). The van der Waals surface area contributed by atoms with Crippen molar-refractivity contribution in [3.05, 3.63) is 72.4 Å². The van der Waals surface area contributed by atoms with Gasteiger partial charge in [-0.25, -0.2) is 4.98 Å². The minimum atomic E-state index is -0.981. The third kappa shape index (κ3) is 4.44. The van der Waals surface area contributed by atoms with Crippen molar-refractivity contribution < 1.29 is 24.1 Å². The molecule has 0 unspecified atom stereocenters. The molecule has 0 bridgehead atoms. The van der Waals surface area contributed by atoms with E-state index in [4.69, 9.17) is 19.2 Å². The van der Waals surface area contributed by atoms with Crippen molar-refractivity contribution in [3.63, 3.8) is 0 Å². The number of pyridine rings is 1. The fourth-order valence-electron chi connectivity index (χ4n) is 3.36. The zero-order valence-electron chi connectivity index (χ0n) is 17.7. The lowest BCUT2D eigenvalue weighted by atomic mass is 10.1. The number of hydrogen-bond acceptors (Lipinski definition) is 6. The SMILES string of the molecule is COc1cc(OC)cc(-c2nc3c(OCc4ccccc4)cccn3c2NCC(=O)O)c1. The van der Waals surface area contributed by atoms with Crippen molar-refractivity contribution in [2.45, 2.75) is 6.61 Å². The van der Waals surface area contributed by atoms with E-state index in [9.17, 15) is 9.90 Å². The number of aliphatic carboxylic acids is 1. The molecule has 0 saturated heterocycles. The summed E-state index contributed by atoms with van der Waals surface area (Å²) < 4.78 is 18.6. The van der Waals surface area contributed by atoms with Crippen LogP contribution in [0.3, 0.4) is 0 Å². The molecule has 32 heavy (non-hydrogen) atoms. The number of nitrogens with one attached hydrogen (secondary N) is 1. The van der Waals surface area contributed by atoms with Crippen LogP contribution in [0.5, 0.6) is 17.2 Å². The summed E-state index contributed by atoms with van der Waals surface area (Å²) in [6.45, 7) is 0.116. The van der Waals surface area contributed by atoms with E-state index in [1.165, 1.54) is 0 Å². The number of nitrogens with zero attached hydrogens (tertiary/aromatic N) is 2. The Balaban J connectivity index is 1.81. The number of anilines is 1. The maximum Gasteiger partial charge on any atom is 0.322 e. The predicted molar refractivity (Wildman–Crippen MR) is 121 cm³/mol. The van der Waals surface area contributed by atoms with Gasteiger partial charge in [0.1, 0.15) is 36.2 Å². The van der Waals surface area contributed by atoms with E-state index in [0.717, 1.165) is 5.56 Å². The van der Waals surface area contributed by atoms with Crippen LogP contribution in [-0.4, -0.2) is 41.2 Å². The molecular weight excluding hydrogens is 410 g/mol. The largest absolute Gasteiger partial charge is 0.497 e. The minimum Gasteiger partial charge on any atom is -0.497 e.